The van der Waals surface area contributed by atoms with Gasteiger partial charge in [-0.2, -0.15) is 0 Å². The van der Waals surface area contributed by atoms with Crippen molar-refractivity contribution < 1.29 is 14.5 Å². The fourth-order valence-electron chi connectivity index (χ4n) is 1.83. The number of para-hydroxylation sites is 1. The summed E-state index contributed by atoms with van der Waals surface area (Å²) in [6.07, 6.45) is 1.24. The Balaban J connectivity index is 1.98. The number of nitro benzene ring substituents is 1. The van der Waals surface area contributed by atoms with Gasteiger partial charge < -0.3 is 4.74 Å². The Morgan fingerprint density at radius 2 is 1.90 bits per heavy atom. The molecular weight excluding hydrogens is 294 g/mol. The van der Waals surface area contributed by atoms with Crippen molar-refractivity contribution in [2.45, 2.75) is 6.42 Å². The van der Waals surface area contributed by atoms with Gasteiger partial charge in [0.1, 0.15) is 5.75 Å². The molecule has 0 aromatic heterocycles. The van der Waals surface area contributed by atoms with Gasteiger partial charge in [-0.3, -0.25) is 14.9 Å². The summed E-state index contributed by atoms with van der Waals surface area (Å²) in [7, 11) is 0. The van der Waals surface area contributed by atoms with Crippen molar-refractivity contribution in [3.05, 3.63) is 68.7 Å². The van der Waals surface area contributed by atoms with Crippen LogP contribution in [0.5, 0.6) is 5.75 Å². The molecule has 5 nitrogen and oxygen atoms in total. The van der Waals surface area contributed by atoms with E-state index in [-0.39, 0.29) is 5.69 Å². The maximum Gasteiger partial charge on any atom is 0.269 e. The molecule has 0 aliphatic heterocycles. The minimum atomic E-state index is -0.444. The SMILES string of the molecule is O=Cc1cccc(Cl)c1OCCc1ccc([N+](=O)[O-])cc1. The number of non-ortho nitro benzene ring substituents is 1. The van der Waals surface area contributed by atoms with Crippen molar-refractivity contribution in [2.24, 2.45) is 0 Å². The second-order valence-corrected chi connectivity index (χ2v) is 4.71. The zero-order valence-corrected chi connectivity index (χ0v) is 11.7. The van der Waals surface area contributed by atoms with E-state index in [1.807, 2.05) is 0 Å². The standard InChI is InChI=1S/C15H12ClNO4/c16-14-3-1-2-12(10-18)15(14)21-9-8-11-4-6-13(7-5-11)17(19)20/h1-7,10H,8-9H2. The maximum absolute atomic E-state index is 10.9. The van der Waals surface area contributed by atoms with Crippen LogP contribution in [0.1, 0.15) is 15.9 Å². The van der Waals surface area contributed by atoms with Gasteiger partial charge >= 0.3 is 0 Å². The van der Waals surface area contributed by atoms with Gasteiger partial charge in [-0.05, 0) is 17.7 Å². The average molecular weight is 306 g/mol. The summed E-state index contributed by atoms with van der Waals surface area (Å²) in [6, 6.07) is 11.2. The van der Waals surface area contributed by atoms with Crippen LogP contribution in [0, 0.1) is 10.1 Å². The third-order valence-electron chi connectivity index (χ3n) is 2.91. The van der Waals surface area contributed by atoms with Gasteiger partial charge in [-0.1, -0.05) is 29.8 Å². The topological polar surface area (TPSA) is 69.4 Å². The van der Waals surface area contributed by atoms with Gasteiger partial charge in [0.2, 0.25) is 0 Å². The van der Waals surface area contributed by atoms with Crippen LogP contribution in [0.25, 0.3) is 0 Å². The van der Waals surface area contributed by atoms with Gasteiger partial charge in [0.25, 0.3) is 5.69 Å². The first-order valence-corrected chi connectivity index (χ1v) is 6.59. The van der Waals surface area contributed by atoms with E-state index in [0.717, 1.165) is 5.56 Å². The molecule has 0 unspecified atom stereocenters. The normalized spacial score (nSPS) is 10.1. The highest BCUT2D eigenvalue weighted by Crippen LogP contribution is 2.27. The molecule has 6 heteroatoms. The van der Waals surface area contributed by atoms with Crippen molar-refractivity contribution in [3.8, 4) is 5.75 Å². The van der Waals surface area contributed by atoms with Crippen molar-refractivity contribution >= 4 is 23.6 Å². The predicted octanol–water partition coefficient (Wildman–Crippen LogP) is 3.68. The number of carbonyl (C=O) groups is 1. The van der Waals surface area contributed by atoms with Crippen LogP contribution in [-0.4, -0.2) is 17.8 Å². The van der Waals surface area contributed by atoms with Crippen molar-refractivity contribution in [3.63, 3.8) is 0 Å². The minimum Gasteiger partial charge on any atom is -0.491 e. The van der Waals surface area contributed by atoms with Crippen LogP contribution in [0.4, 0.5) is 5.69 Å². The van der Waals surface area contributed by atoms with Crippen LogP contribution < -0.4 is 4.74 Å². The Hall–Kier alpha value is -2.40. The molecule has 0 N–H and O–H groups in total. The van der Waals surface area contributed by atoms with Crippen LogP contribution in [0.2, 0.25) is 5.02 Å². The molecule has 2 aromatic carbocycles. The monoisotopic (exact) mass is 305 g/mol. The molecule has 2 aromatic rings. The highest BCUT2D eigenvalue weighted by molar-refractivity contribution is 6.32. The lowest BCUT2D eigenvalue weighted by Gasteiger charge is -2.10. The lowest BCUT2D eigenvalue weighted by molar-refractivity contribution is -0.384. The average Bonchev–Trinajstić information content (AvgIpc) is 2.49. The van der Waals surface area contributed by atoms with E-state index in [0.29, 0.717) is 35.6 Å². The fraction of sp³-hybridized carbons (Fsp3) is 0.133. The van der Waals surface area contributed by atoms with Crippen molar-refractivity contribution in [2.75, 3.05) is 6.61 Å². The van der Waals surface area contributed by atoms with E-state index < -0.39 is 4.92 Å². The van der Waals surface area contributed by atoms with Gasteiger partial charge in [0.05, 0.1) is 22.1 Å². The first kappa shape index (κ1) is 15.0. The first-order chi connectivity index (χ1) is 10.1. The number of aldehydes is 1. The molecular formula is C15H12ClNO4. The van der Waals surface area contributed by atoms with Crippen LogP contribution in [-0.2, 0) is 6.42 Å². The third-order valence-corrected chi connectivity index (χ3v) is 3.21. The summed E-state index contributed by atoms with van der Waals surface area (Å²) in [4.78, 5) is 21.0. The molecule has 0 fully saturated rings. The number of hydrogen-bond donors (Lipinski definition) is 0. The Morgan fingerprint density at radius 1 is 1.19 bits per heavy atom. The number of nitro groups is 1. The van der Waals surface area contributed by atoms with Crippen molar-refractivity contribution in [1.29, 1.82) is 0 Å². The van der Waals surface area contributed by atoms with Gasteiger partial charge in [-0.25, -0.2) is 0 Å². The molecule has 0 heterocycles. The number of rotatable bonds is 6. The van der Waals surface area contributed by atoms with E-state index in [9.17, 15) is 14.9 Å². The highest BCUT2D eigenvalue weighted by Gasteiger charge is 2.08. The Bertz CT molecular complexity index is 655. The first-order valence-electron chi connectivity index (χ1n) is 6.21. The molecule has 0 atom stereocenters. The smallest absolute Gasteiger partial charge is 0.269 e. The molecule has 0 aliphatic rings. The van der Waals surface area contributed by atoms with E-state index in [1.54, 1.807) is 30.3 Å². The Morgan fingerprint density at radius 3 is 2.52 bits per heavy atom. The Kier molecular flexibility index (Phi) is 4.90. The lowest BCUT2D eigenvalue weighted by Crippen LogP contribution is -2.04. The van der Waals surface area contributed by atoms with Crippen LogP contribution >= 0.6 is 11.6 Å². The maximum atomic E-state index is 10.9. The van der Waals surface area contributed by atoms with E-state index in [4.69, 9.17) is 16.3 Å². The second-order valence-electron chi connectivity index (χ2n) is 4.30. The summed E-state index contributed by atoms with van der Waals surface area (Å²) in [5, 5.41) is 10.9. The third kappa shape index (κ3) is 3.79. The zero-order chi connectivity index (χ0) is 15.2. The van der Waals surface area contributed by atoms with Crippen molar-refractivity contribution in [1.82, 2.24) is 0 Å². The largest absolute Gasteiger partial charge is 0.491 e. The lowest BCUT2D eigenvalue weighted by atomic mass is 10.1. The van der Waals surface area contributed by atoms with E-state index in [1.165, 1.54) is 12.1 Å². The quantitative estimate of drug-likeness (QED) is 0.464. The molecule has 0 bridgehead atoms. The highest BCUT2D eigenvalue weighted by atomic mass is 35.5. The number of benzene rings is 2. The van der Waals surface area contributed by atoms with Gasteiger partial charge in [0, 0.05) is 18.6 Å². The van der Waals surface area contributed by atoms with Gasteiger partial charge in [-0.15, -0.1) is 0 Å². The van der Waals surface area contributed by atoms with Crippen LogP contribution in [0.3, 0.4) is 0 Å². The number of carbonyl (C=O) groups excluding carboxylic acids is 1. The summed E-state index contributed by atoms with van der Waals surface area (Å²) in [5.41, 5.74) is 1.35. The summed E-state index contributed by atoms with van der Waals surface area (Å²) >= 11 is 5.99. The summed E-state index contributed by atoms with van der Waals surface area (Å²) in [5.74, 6) is 0.357. The number of ether oxygens (including phenoxy) is 1. The molecule has 108 valence electrons. The fourth-order valence-corrected chi connectivity index (χ4v) is 2.06. The number of hydrogen-bond acceptors (Lipinski definition) is 4. The molecule has 0 spiro atoms. The molecule has 0 radical (unpaired) electrons. The van der Waals surface area contributed by atoms with Gasteiger partial charge in [0.15, 0.2) is 6.29 Å². The predicted molar refractivity (Wildman–Crippen MR) is 79.1 cm³/mol. The van der Waals surface area contributed by atoms with Crippen LogP contribution in [0.15, 0.2) is 42.5 Å². The molecule has 0 saturated carbocycles. The molecule has 21 heavy (non-hydrogen) atoms. The molecule has 0 aliphatic carbocycles. The summed E-state index contributed by atoms with van der Waals surface area (Å²) < 4.78 is 5.54. The Labute approximate surface area is 126 Å². The van der Waals surface area contributed by atoms with E-state index in [2.05, 4.69) is 0 Å². The zero-order valence-electron chi connectivity index (χ0n) is 11.0. The molecule has 0 amide bonds. The number of nitrogens with zero attached hydrogens (tertiary/aromatic N) is 1. The molecule has 2 rings (SSSR count). The minimum absolute atomic E-state index is 0.0500. The number of halogens is 1. The molecule has 0 saturated heterocycles. The summed E-state index contributed by atoms with van der Waals surface area (Å²) in [6.45, 7) is 0.322. The second kappa shape index (κ2) is 6.85. The van der Waals surface area contributed by atoms with E-state index >= 15 is 0 Å².